The molecule has 1 amide bonds. The molecule has 2 fully saturated rings. The Morgan fingerprint density at radius 1 is 1.57 bits per heavy atom. The van der Waals surface area contributed by atoms with Crippen molar-refractivity contribution in [1.82, 2.24) is 15.2 Å². The summed E-state index contributed by atoms with van der Waals surface area (Å²) < 4.78 is 0. The van der Waals surface area contributed by atoms with Crippen molar-refractivity contribution in [2.24, 2.45) is 11.3 Å². The van der Waals surface area contributed by atoms with E-state index in [2.05, 4.69) is 15.2 Å². The molecule has 2 aliphatic rings. The first-order chi connectivity index (χ1) is 10.1. The Bertz CT molecular complexity index is 548. The molecular weight excluding hydrogens is 268 g/mol. The minimum Gasteiger partial charge on any atom is -0.396 e. The number of nitrogens with zero attached hydrogens (tertiary/aromatic N) is 3. The van der Waals surface area contributed by atoms with E-state index in [1.54, 1.807) is 20.2 Å². The second-order valence-corrected chi connectivity index (χ2v) is 6.31. The van der Waals surface area contributed by atoms with Crippen LogP contribution in [0.15, 0.2) is 18.2 Å². The molecule has 3 rings (SSSR count). The van der Waals surface area contributed by atoms with Crippen molar-refractivity contribution in [3.8, 4) is 0 Å². The predicted octanol–water partition coefficient (Wildman–Crippen LogP) is -0.198. The van der Waals surface area contributed by atoms with Crippen LogP contribution >= 0.6 is 0 Å². The number of hydrogen-bond acceptors (Lipinski definition) is 5. The maximum Gasteiger partial charge on any atom is 0.272 e. The average molecular weight is 290 g/mol. The van der Waals surface area contributed by atoms with Crippen LogP contribution in [0.1, 0.15) is 10.5 Å². The highest BCUT2D eigenvalue weighted by molar-refractivity contribution is 5.92. The van der Waals surface area contributed by atoms with Crippen LogP contribution < -0.4 is 10.2 Å². The second-order valence-electron chi connectivity index (χ2n) is 6.31. The van der Waals surface area contributed by atoms with Crippen molar-refractivity contribution in [2.75, 3.05) is 51.8 Å². The highest BCUT2D eigenvalue weighted by atomic mass is 16.3. The fourth-order valence-corrected chi connectivity index (χ4v) is 3.37. The molecular formula is C15H22N4O2. The predicted molar refractivity (Wildman–Crippen MR) is 80.3 cm³/mol. The summed E-state index contributed by atoms with van der Waals surface area (Å²) in [7, 11) is 3.45. The average Bonchev–Trinajstić information content (AvgIpc) is 3.03. The van der Waals surface area contributed by atoms with Gasteiger partial charge in [0.15, 0.2) is 0 Å². The first-order valence-electron chi connectivity index (χ1n) is 7.31. The monoisotopic (exact) mass is 290 g/mol. The quantitative estimate of drug-likeness (QED) is 0.807. The van der Waals surface area contributed by atoms with Crippen LogP contribution in [-0.4, -0.2) is 67.8 Å². The van der Waals surface area contributed by atoms with Crippen molar-refractivity contribution in [3.63, 3.8) is 0 Å². The Balaban J connectivity index is 1.83. The third-order valence-electron chi connectivity index (χ3n) is 4.68. The van der Waals surface area contributed by atoms with Gasteiger partial charge in [0, 0.05) is 45.7 Å². The number of rotatable bonds is 3. The lowest BCUT2D eigenvalue weighted by Crippen LogP contribution is -2.36. The maximum atomic E-state index is 12.0. The number of aliphatic hydroxyl groups is 1. The van der Waals surface area contributed by atoms with Gasteiger partial charge in [-0.05, 0) is 18.1 Å². The van der Waals surface area contributed by atoms with Crippen molar-refractivity contribution in [1.29, 1.82) is 0 Å². The Hall–Kier alpha value is -1.66. The van der Waals surface area contributed by atoms with E-state index < -0.39 is 0 Å². The molecule has 0 aliphatic carbocycles. The van der Waals surface area contributed by atoms with Crippen LogP contribution in [-0.2, 0) is 0 Å². The Morgan fingerprint density at radius 3 is 3.05 bits per heavy atom. The van der Waals surface area contributed by atoms with Crippen LogP contribution in [0.25, 0.3) is 0 Å². The van der Waals surface area contributed by atoms with Crippen molar-refractivity contribution in [2.45, 2.75) is 0 Å². The first-order valence-corrected chi connectivity index (χ1v) is 7.31. The van der Waals surface area contributed by atoms with Crippen LogP contribution in [0.3, 0.4) is 0 Å². The third kappa shape index (κ3) is 2.38. The SMILES string of the molecule is CN(C)C(=O)c1cccc(N2CC3CNCC3(CO)C2)n1. The van der Waals surface area contributed by atoms with E-state index in [0.717, 1.165) is 32.0 Å². The lowest BCUT2D eigenvalue weighted by molar-refractivity contribution is 0.0822. The van der Waals surface area contributed by atoms with Gasteiger partial charge in [-0.1, -0.05) is 6.07 Å². The number of pyridine rings is 1. The number of carbonyl (C=O) groups excluding carboxylic acids is 1. The lowest BCUT2D eigenvalue weighted by Gasteiger charge is -2.25. The molecule has 0 aromatic carbocycles. The van der Waals surface area contributed by atoms with Crippen molar-refractivity contribution in [3.05, 3.63) is 23.9 Å². The normalized spacial score (nSPS) is 27.8. The molecule has 2 saturated heterocycles. The minimum atomic E-state index is -0.0882. The number of carbonyl (C=O) groups is 1. The summed E-state index contributed by atoms with van der Waals surface area (Å²) >= 11 is 0. The molecule has 0 saturated carbocycles. The molecule has 2 aliphatic heterocycles. The molecule has 0 spiro atoms. The molecule has 1 aromatic heterocycles. The van der Waals surface area contributed by atoms with E-state index >= 15 is 0 Å². The Morgan fingerprint density at radius 2 is 2.38 bits per heavy atom. The molecule has 1 aromatic rings. The van der Waals surface area contributed by atoms with Gasteiger partial charge in [0.2, 0.25) is 0 Å². The van der Waals surface area contributed by atoms with Gasteiger partial charge in [0.25, 0.3) is 5.91 Å². The van der Waals surface area contributed by atoms with Gasteiger partial charge in [-0.15, -0.1) is 0 Å². The first kappa shape index (κ1) is 14.3. The smallest absolute Gasteiger partial charge is 0.272 e. The fraction of sp³-hybridized carbons (Fsp3) is 0.600. The van der Waals surface area contributed by atoms with Gasteiger partial charge in [0.05, 0.1) is 6.61 Å². The van der Waals surface area contributed by atoms with Gasteiger partial charge < -0.3 is 20.2 Å². The molecule has 3 heterocycles. The number of amides is 1. The summed E-state index contributed by atoms with van der Waals surface area (Å²) in [6.45, 7) is 3.64. The zero-order valence-electron chi connectivity index (χ0n) is 12.5. The fourth-order valence-electron chi connectivity index (χ4n) is 3.37. The summed E-state index contributed by atoms with van der Waals surface area (Å²) in [5, 5.41) is 13.1. The van der Waals surface area contributed by atoms with Crippen LogP contribution in [0.5, 0.6) is 0 Å². The highest BCUT2D eigenvalue weighted by Gasteiger charge is 2.49. The van der Waals surface area contributed by atoms with Crippen LogP contribution in [0, 0.1) is 11.3 Å². The number of aromatic nitrogens is 1. The van der Waals surface area contributed by atoms with E-state index in [0.29, 0.717) is 11.6 Å². The summed E-state index contributed by atoms with van der Waals surface area (Å²) in [5.74, 6) is 1.18. The number of aliphatic hydroxyl groups excluding tert-OH is 1. The van der Waals surface area contributed by atoms with Gasteiger partial charge in [-0.3, -0.25) is 4.79 Å². The molecule has 0 radical (unpaired) electrons. The maximum absolute atomic E-state index is 12.0. The Kier molecular flexibility index (Phi) is 3.59. The zero-order chi connectivity index (χ0) is 15.0. The van der Waals surface area contributed by atoms with Crippen molar-refractivity contribution >= 4 is 11.7 Å². The van der Waals surface area contributed by atoms with Crippen LogP contribution in [0.2, 0.25) is 0 Å². The summed E-state index contributed by atoms with van der Waals surface area (Å²) in [5.41, 5.74) is 0.397. The summed E-state index contributed by atoms with van der Waals surface area (Å²) in [4.78, 5) is 20.2. The number of anilines is 1. The zero-order valence-corrected chi connectivity index (χ0v) is 12.5. The second kappa shape index (κ2) is 5.27. The van der Waals surface area contributed by atoms with E-state index in [9.17, 15) is 9.90 Å². The minimum absolute atomic E-state index is 0.0662. The van der Waals surface area contributed by atoms with Gasteiger partial charge in [-0.25, -0.2) is 4.98 Å². The molecule has 114 valence electrons. The van der Waals surface area contributed by atoms with Gasteiger partial charge in [0.1, 0.15) is 11.5 Å². The third-order valence-corrected chi connectivity index (χ3v) is 4.68. The van der Waals surface area contributed by atoms with E-state index in [-0.39, 0.29) is 17.9 Å². The molecule has 0 bridgehead atoms. The van der Waals surface area contributed by atoms with Crippen molar-refractivity contribution < 1.29 is 9.90 Å². The molecule has 2 N–H and O–H groups in total. The van der Waals surface area contributed by atoms with E-state index in [4.69, 9.17) is 0 Å². The van der Waals surface area contributed by atoms with Gasteiger partial charge in [-0.2, -0.15) is 0 Å². The van der Waals surface area contributed by atoms with Gasteiger partial charge >= 0.3 is 0 Å². The number of fused-ring (bicyclic) bond motifs is 1. The van der Waals surface area contributed by atoms with E-state index in [1.165, 1.54) is 4.90 Å². The standard InChI is InChI=1S/C15H22N4O2/c1-18(2)14(21)12-4-3-5-13(17-12)19-7-11-6-16-8-15(11,9-19)10-20/h3-5,11,16,20H,6-10H2,1-2H3. The highest BCUT2D eigenvalue weighted by Crippen LogP contribution is 2.39. The lowest BCUT2D eigenvalue weighted by atomic mass is 9.82. The number of hydrogen-bond donors (Lipinski definition) is 2. The molecule has 6 nitrogen and oxygen atoms in total. The summed E-state index contributed by atoms with van der Waals surface area (Å²) in [6, 6.07) is 5.55. The molecule has 2 unspecified atom stereocenters. The Labute approximate surface area is 124 Å². The van der Waals surface area contributed by atoms with E-state index in [1.807, 2.05) is 12.1 Å². The molecule has 21 heavy (non-hydrogen) atoms. The topological polar surface area (TPSA) is 68.7 Å². The summed E-state index contributed by atoms with van der Waals surface area (Å²) in [6.07, 6.45) is 0. The number of nitrogens with one attached hydrogen (secondary N) is 1. The van der Waals surface area contributed by atoms with Crippen LogP contribution in [0.4, 0.5) is 5.82 Å². The molecule has 6 heteroatoms. The largest absolute Gasteiger partial charge is 0.396 e. The molecule has 2 atom stereocenters.